The first-order chi connectivity index (χ1) is 9.43. The van der Waals surface area contributed by atoms with Gasteiger partial charge in [-0.3, -0.25) is 0 Å². The maximum atomic E-state index is 5.64. The fraction of sp³-hybridized carbons (Fsp3) is 0.625. The summed E-state index contributed by atoms with van der Waals surface area (Å²) in [6.07, 6.45) is 3.91. The second kappa shape index (κ2) is 6.78. The molecular weight excluding hydrogens is 254 g/mol. The molecule has 1 aromatic rings. The van der Waals surface area contributed by atoms with Gasteiger partial charge in [-0.05, 0) is 43.4 Å². The quantitative estimate of drug-likeness (QED) is 0.737. The van der Waals surface area contributed by atoms with Gasteiger partial charge >= 0.3 is 0 Å². The second-order valence-electron chi connectivity index (χ2n) is 5.62. The lowest BCUT2D eigenvalue weighted by atomic mass is 10.0. The van der Waals surface area contributed by atoms with Crippen LogP contribution in [0.2, 0.25) is 0 Å². The zero-order valence-electron chi connectivity index (χ0n) is 11.4. The monoisotopic (exact) mass is 277 g/mol. The first-order valence-corrected chi connectivity index (χ1v) is 8.42. The van der Waals surface area contributed by atoms with Crippen molar-refractivity contribution in [2.75, 3.05) is 32.1 Å². The lowest BCUT2D eigenvalue weighted by molar-refractivity contribution is 0.122. The van der Waals surface area contributed by atoms with Crippen LogP contribution < -0.4 is 5.32 Å². The molecule has 0 amide bonds. The Labute approximate surface area is 120 Å². The summed E-state index contributed by atoms with van der Waals surface area (Å²) in [7, 11) is 0. The van der Waals surface area contributed by atoms with Gasteiger partial charge < -0.3 is 10.1 Å². The summed E-state index contributed by atoms with van der Waals surface area (Å²) < 4.78 is 5.64. The molecule has 19 heavy (non-hydrogen) atoms. The predicted octanol–water partition coefficient (Wildman–Crippen LogP) is 3.28. The maximum absolute atomic E-state index is 5.64. The van der Waals surface area contributed by atoms with Crippen molar-refractivity contribution < 1.29 is 4.74 Å². The molecule has 1 heterocycles. The SMILES string of the molecule is c1ccc2c(c1)SCC2CNCCCOCC1CC1. The number of benzene rings is 1. The van der Waals surface area contributed by atoms with Crippen molar-refractivity contribution in [3.63, 3.8) is 0 Å². The molecular formula is C16H23NOS. The molecule has 0 radical (unpaired) electrons. The van der Waals surface area contributed by atoms with Crippen LogP contribution in [0.1, 0.15) is 30.7 Å². The third-order valence-electron chi connectivity index (χ3n) is 3.88. The summed E-state index contributed by atoms with van der Waals surface area (Å²) in [5.74, 6) is 2.80. The van der Waals surface area contributed by atoms with E-state index in [1.54, 1.807) is 0 Å². The van der Waals surface area contributed by atoms with Gasteiger partial charge in [-0.25, -0.2) is 0 Å². The Morgan fingerprint density at radius 1 is 1.26 bits per heavy atom. The number of hydrogen-bond donors (Lipinski definition) is 1. The van der Waals surface area contributed by atoms with Crippen LogP contribution in [0.4, 0.5) is 0 Å². The molecule has 0 aromatic heterocycles. The van der Waals surface area contributed by atoms with Crippen LogP contribution in [-0.2, 0) is 4.74 Å². The van der Waals surface area contributed by atoms with Gasteiger partial charge in [0.1, 0.15) is 0 Å². The molecule has 1 fully saturated rings. The number of hydrogen-bond acceptors (Lipinski definition) is 3. The Hall–Kier alpha value is -0.510. The van der Waals surface area contributed by atoms with E-state index < -0.39 is 0 Å². The van der Waals surface area contributed by atoms with E-state index in [-0.39, 0.29) is 0 Å². The summed E-state index contributed by atoms with van der Waals surface area (Å²) in [6.45, 7) is 4.09. The Morgan fingerprint density at radius 3 is 3.05 bits per heavy atom. The van der Waals surface area contributed by atoms with Gasteiger partial charge in [0.2, 0.25) is 0 Å². The molecule has 104 valence electrons. The average Bonchev–Trinajstić information content (AvgIpc) is 3.18. The fourth-order valence-corrected chi connectivity index (χ4v) is 3.76. The highest BCUT2D eigenvalue weighted by Gasteiger charge is 2.22. The molecule has 1 aromatic carbocycles. The van der Waals surface area contributed by atoms with E-state index in [4.69, 9.17) is 4.74 Å². The minimum Gasteiger partial charge on any atom is -0.381 e. The van der Waals surface area contributed by atoms with Crippen LogP contribution in [0.25, 0.3) is 0 Å². The number of ether oxygens (including phenoxy) is 1. The van der Waals surface area contributed by atoms with Crippen LogP contribution in [0.5, 0.6) is 0 Å². The molecule has 2 aliphatic rings. The van der Waals surface area contributed by atoms with Crippen LogP contribution in [-0.4, -0.2) is 32.1 Å². The molecule has 1 aliphatic carbocycles. The minimum absolute atomic E-state index is 0.689. The van der Waals surface area contributed by atoms with Crippen molar-refractivity contribution in [1.82, 2.24) is 5.32 Å². The first-order valence-electron chi connectivity index (χ1n) is 7.43. The van der Waals surface area contributed by atoms with Gasteiger partial charge in [0.25, 0.3) is 0 Å². The third kappa shape index (κ3) is 3.98. The van der Waals surface area contributed by atoms with Crippen molar-refractivity contribution in [2.45, 2.75) is 30.1 Å². The molecule has 1 N–H and O–H groups in total. The highest BCUT2D eigenvalue weighted by atomic mass is 32.2. The average molecular weight is 277 g/mol. The van der Waals surface area contributed by atoms with E-state index in [1.807, 2.05) is 11.8 Å². The third-order valence-corrected chi connectivity index (χ3v) is 5.13. The van der Waals surface area contributed by atoms with E-state index in [1.165, 1.54) is 29.1 Å². The highest BCUT2D eigenvalue weighted by Crippen LogP contribution is 2.38. The summed E-state index contributed by atoms with van der Waals surface area (Å²) in [5, 5.41) is 3.58. The maximum Gasteiger partial charge on any atom is 0.0494 e. The Bertz CT molecular complexity index is 405. The van der Waals surface area contributed by atoms with E-state index in [0.717, 1.165) is 38.6 Å². The van der Waals surface area contributed by atoms with Crippen molar-refractivity contribution in [3.8, 4) is 0 Å². The molecule has 0 bridgehead atoms. The van der Waals surface area contributed by atoms with E-state index in [2.05, 4.69) is 29.6 Å². The van der Waals surface area contributed by atoms with E-state index in [0.29, 0.717) is 5.92 Å². The van der Waals surface area contributed by atoms with E-state index >= 15 is 0 Å². The van der Waals surface area contributed by atoms with Crippen LogP contribution in [0.15, 0.2) is 29.2 Å². The summed E-state index contributed by atoms with van der Waals surface area (Å²) in [5.41, 5.74) is 1.53. The Kier molecular flexibility index (Phi) is 4.81. The summed E-state index contributed by atoms with van der Waals surface area (Å²) >= 11 is 1.99. The molecule has 3 heteroatoms. The lowest BCUT2D eigenvalue weighted by Crippen LogP contribution is -2.23. The summed E-state index contributed by atoms with van der Waals surface area (Å²) in [4.78, 5) is 1.47. The fourth-order valence-electron chi connectivity index (χ4n) is 2.51. The number of nitrogens with one attached hydrogen (secondary N) is 1. The van der Waals surface area contributed by atoms with Crippen molar-refractivity contribution >= 4 is 11.8 Å². The highest BCUT2D eigenvalue weighted by molar-refractivity contribution is 7.99. The molecule has 2 nitrogen and oxygen atoms in total. The molecule has 1 atom stereocenters. The molecule has 1 saturated carbocycles. The largest absolute Gasteiger partial charge is 0.381 e. The second-order valence-corrected chi connectivity index (χ2v) is 6.68. The van der Waals surface area contributed by atoms with Gasteiger partial charge in [-0.2, -0.15) is 0 Å². The molecule has 1 aliphatic heterocycles. The zero-order valence-corrected chi connectivity index (χ0v) is 12.3. The lowest BCUT2D eigenvalue weighted by Gasteiger charge is -2.12. The van der Waals surface area contributed by atoms with Gasteiger partial charge in [0.15, 0.2) is 0 Å². The van der Waals surface area contributed by atoms with Gasteiger partial charge in [0, 0.05) is 36.3 Å². The van der Waals surface area contributed by atoms with E-state index in [9.17, 15) is 0 Å². The molecule has 0 saturated heterocycles. The standard InChI is InChI=1S/C16H23NOS/c1-2-5-16-15(4-1)14(12-19-16)10-17-8-3-9-18-11-13-6-7-13/h1-2,4-5,13-14,17H,3,6-12H2. The number of thioether (sulfide) groups is 1. The van der Waals surface area contributed by atoms with Gasteiger partial charge in [0.05, 0.1) is 0 Å². The summed E-state index contributed by atoms with van der Waals surface area (Å²) in [6, 6.07) is 8.81. The number of fused-ring (bicyclic) bond motifs is 1. The van der Waals surface area contributed by atoms with Gasteiger partial charge in [-0.15, -0.1) is 11.8 Å². The Balaban J connectivity index is 1.28. The molecule has 1 unspecified atom stereocenters. The van der Waals surface area contributed by atoms with Gasteiger partial charge in [-0.1, -0.05) is 18.2 Å². The normalized spacial score (nSPS) is 21.6. The number of rotatable bonds is 8. The Morgan fingerprint density at radius 2 is 2.16 bits per heavy atom. The molecule has 3 rings (SSSR count). The first kappa shape index (κ1) is 13.5. The zero-order chi connectivity index (χ0) is 12.9. The van der Waals surface area contributed by atoms with Crippen molar-refractivity contribution in [3.05, 3.63) is 29.8 Å². The van der Waals surface area contributed by atoms with Crippen molar-refractivity contribution in [2.24, 2.45) is 5.92 Å². The van der Waals surface area contributed by atoms with Crippen LogP contribution in [0, 0.1) is 5.92 Å². The minimum atomic E-state index is 0.689. The molecule has 0 spiro atoms. The van der Waals surface area contributed by atoms with Crippen molar-refractivity contribution in [1.29, 1.82) is 0 Å². The van der Waals surface area contributed by atoms with Crippen LogP contribution >= 0.6 is 11.8 Å². The van der Waals surface area contributed by atoms with Crippen LogP contribution in [0.3, 0.4) is 0 Å². The smallest absolute Gasteiger partial charge is 0.0494 e. The topological polar surface area (TPSA) is 21.3 Å². The predicted molar refractivity (Wildman–Crippen MR) is 80.9 cm³/mol.